The molecule has 0 unspecified atom stereocenters. The molecule has 1 N–H and O–H groups in total. The van der Waals surface area contributed by atoms with Crippen molar-refractivity contribution in [3.05, 3.63) is 52.2 Å². The zero-order valence-corrected chi connectivity index (χ0v) is 15.6. The van der Waals surface area contributed by atoms with E-state index in [2.05, 4.69) is 27.7 Å². The van der Waals surface area contributed by atoms with E-state index in [-0.39, 0.29) is 11.9 Å². The van der Waals surface area contributed by atoms with Crippen LogP contribution in [0.2, 0.25) is 0 Å². The van der Waals surface area contributed by atoms with Gasteiger partial charge in [0.25, 0.3) is 5.91 Å². The van der Waals surface area contributed by atoms with Gasteiger partial charge in [-0.3, -0.25) is 9.69 Å². The number of nitrogens with one attached hydrogen (secondary N) is 1. The molecule has 1 aliphatic heterocycles. The molecule has 134 valence electrons. The van der Waals surface area contributed by atoms with E-state index in [9.17, 15) is 4.79 Å². The van der Waals surface area contributed by atoms with Crippen molar-refractivity contribution >= 4 is 17.2 Å². The van der Waals surface area contributed by atoms with E-state index in [0.29, 0.717) is 18.7 Å². The van der Waals surface area contributed by atoms with Crippen LogP contribution in [0.5, 0.6) is 5.75 Å². The van der Waals surface area contributed by atoms with Crippen molar-refractivity contribution in [1.82, 2.24) is 10.2 Å². The maximum Gasteiger partial charge on any atom is 0.251 e. The van der Waals surface area contributed by atoms with Gasteiger partial charge in [0.15, 0.2) is 0 Å². The summed E-state index contributed by atoms with van der Waals surface area (Å²) in [7, 11) is 0. The second-order valence-corrected chi connectivity index (χ2v) is 7.27. The summed E-state index contributed by atoms with van der Waals surface area (Å²) in [5.74, 6) is 0.769. The van der Waals surface area contributed by atoms with E-state index in [1.165, 1.54) is 24.1 Å². The number of amides is 1. The van der Waals surface area contributed by atoms with Crippen molar-refractivity contribution in [3.63, 3.8) is 0 Å². The average molecular weight is 359 g/mol. The van der Waals surface area contributed by atoms with Crippen molar-refractivity contribution in [2.45, 2.75) is 32.2 Å². The van der Waals surface area contributed by atoms with Crippen LogP contribution in [-0.4, -0.2) is 37.0 Å². The number of carbonyl (C=O) groups is 1. The fraction of sp³-hybridized carbons (Fsp3) is 0.450. The van der Waals surface area contributed by atoms with Crippen molar-refractivity contribution in [3.8, 4) is 5.75 Å². The first-order valence-electron chi connectivity index (χ1n) is 9.06. The van der Waals surface area contributed by atoms with Gasteiger partial charge in [0, 0.05) is 17.0 Å². The number of ether oxygens (including phenoxy) is 1. The largest absolute Gasteiger partial charge is 0.494 e. The van der Waals surface area contributed by atoms with Crippen LogP contribution < -0.4 is 10.1 Å². The van der Waals surface area contributed by atoms with Crippen molar-refractivity contribution in [2.75, 3.05) is 26.2 Å². The van der Waals surface area contributed by atoms with Gasteiger partial charge in [-0.05, 0) is 68.6 Å². The Balaban J connectivity index is 1.62. The van der Waals surface area contributed by atoms with Gasteiger partial charge in [0.2, 0.25) is 0 Å². The van der Waals surface area contributed by atoms with Crippen LogP contribution in [0.4, 0.5) is 0 Å². The van der Waals surface area contributed by atoms with Crippen LogP contribution >= 0.6 is 11.3 Å². The number of likely N-dealkylation sites (tertiary alicyclic amines) is 1. The zero-order chi connectivity index (χ0) is 17.5. The first-order chi connectivity index (χ1) is 12.3. The molecular formula is C20H26N2O2S. The van der Waals surface area contributed by atoms with Gasteiger partial charge >= 0.3 is 0 Å². The Kier molecular flexibility index (Phi) is 6.48. The highest BCUT2D eigenvalue weighted by atomic mass is 32.1. The minimum atomic E-state index is -0.0263. The lowest BCUT2D eigenvalue weighted by Gasteiger charge is -2.34. The summed E-state index contributed by atoms with van der Waals surface area (Å²) in [5.41, 5.74) is 0.673. The predicted octanol–water partition coefficient (Wildman–Crippen LogP) is 4.10. The lowest BCUT2D eigenvalue weighted by atomic mass is 10.1. The summed E-state index contributed by atoms with van der Waals surface area (Å²) in [6.07, 6.45) is 3.80. The molecule has 0 radical (unpaired) electrons. The zero-order valence-electron chi connectivity index (χ0n) is 14.7. The molecule has 1 aliphatic rings. The Morgan fingerprint density at radius 2 is 1.96 bits per heavy atom. The van der Waals surface area contributed by atoms with Gasteiger partial charge in [-0.15, -0.1) is 11.3 Å². The van der Waals surface area contributed by atoms with Gasteiger partial charge in [0.1, 0.15) is 5.75 Å². The molecule has 4 nitrogen and oxygen atoms in total. The van der Waals surface area contributed by atoms with Crippen LogP contribution in [0.15, 0.2) is 41.8 Å². The molecule has 1 saturated heterocycles. The fourth-order valence-corrected chi connectivity index (χ4v) is 4.14. The molecule has 1 aromatic carbocycles. The number of rotatable bonds is 7. The number of hydrogen-bond acceptors (Lipinski definition) is 4. The monoisotopic (exact) mass is 358 g/mol. The molecule has 0 saturated carbocycles. The molecule has 25 heavy (non-hydrogen) atoms. The Morgan fingerprint density at radius 1 is 1.20 bits per heavy atom. The molecule has 5 heteroatoms. The fourth-order valence-electron chi connectivity index (χ4n) is 3.28. The molecule has 1 amide bonds. The molecular weight excluding hydrogens is 332 g/mol. The third kappa shape index (κ3) is 4.83. The van der Waals surface area contributed by atoms with Gasteiger partial charge in [-0.1, -0.05) is 12.5 Å². The molecule has 3 rings (SSSR count). The van der Waals surface area contributed by atoms with Crippen LogP contribution in [-0.2, 0) is 0 Å². The standard InChI is InChI=1S/C20H26N2O2S/c1-2-24-17-10-8-16(9-11-17)20(23)21-15-18(19-7-6-14-25-19)22-12-4-3-5-13-22/h6-11,14,18H,2-5,12-13,15H2,1H3,(H,21,23)/t18-/m0/s1. The predicted molar refractivity (Wildman–Crippen MR) is 102 cm³/mol. The van der Waals surface area contributed by atoms with E-state index < -0.39 is 0 Å². The summed E-state index contributed by atoms with van der Waals surface area (Å²) < 4.78 is 5.43. The number of nitrogens with zero attached hydrogens (tertiary/aromatic N) is 1. The number of benzene rings is 1. The van der Waals surface area contributed by atoms with E-state index in [1.807, 2.05) is 31.2 Å². The normalized spacial score (nSPS) is 16.4. The molecule has 0 aliphatic carbocycles. The topological polar surface area (TPSA) is 41.6 Å². The molecule has 0 bridgehead atoms. The van der Waals surface area contributed by atoms with Crippen LogP contribution in [0, 0.1) is 0 Å². The molecule has 1 atom stereocenters. The first-order valence-corrected chi connectivity index (χ1v) is 9.94. The van der Waals surface area contributed by atoms with Crippen molar-refractivity contribution in [2.24, 2.45) is 0 Å². The second-order valence-electron chi connectivity index (χ2n) is 6.30. The van der Waals surface area contributed by atoms with Gasteiger partial charge < -0.3 is 10.1 Å². The van der Waals surface area contributed by atoms with Crippen molar-refractivity contribution in [1.29, 1.82) is 0 Å². The lowest BCUT2D eigenvalue weighted by molar-refractivity contribution is 0.0925. The minimum Gasteiger partial charge on any atom is -0.494 e. The van der Waals surface area contributed by atoms with E-state index in [0.717, 1.165) is 18.8 Å². The highest BCUT2D eigenvalue weighted by Gasteiger charge is 2.23. The Labute approximate surface area is 153 Å². The number of hydrogen-bond donors (Lipinski definition) is 1. The van der Waals surface area contributed by atoms with E-state index in [4.69, 9.17) is 4.74 Å². The van der Waals surface area contributed by atoms with Crippen LogP contribution in [0.1, 0.15) is 47.5 Å². The smallest absolute Gasteiger partial charge is 0.251 e. The molecule has 1 aromatic heterocycles. The molecule has 1 fully saturated rings. The highest BCUT2D eigenvalue weighted by Crippen LogP contribution is 2.27. The number of piperidine rings is 1. The van der Waals surface area contributed by atoms with Crippen LogP contribution in [0.3, 0.4) is 0 Å². The third-order valence-corrected chi connectivity index (χ3v) is 5.56. The average Bonchev–Trinajstić information content (AvgIpc) is 3.18. The molecule has 0 spiro atoms. The summed E-state index contributed by atoms with van der Waals surface area (Å²) >= 11 is 1.77. The summed E-state index contributed by atoms with van der Waals surface area (Å²) in [6, 6.07) is 11.9. The molecule has 2 heterocycles. The van der Waals surface area contributed by atoms with Gasteiger partial charge in [-0.2, -0.15) is 0 Å². The minimum absolute atomic E-state index is 0.0263. The third-order valence-electron chi connectivity index (χ3n) is 4.59. The van der Waals surface area contributed by atoms with Gasteiger partial charge in [-0.25, -0.2) is 0 Å². The maximum atomic E-state index is 12.5. The second kappa shape index (κ2) is 9.02. The number of carbonyl (C=O) groups excluding carboxylic acids is 1. The Hall–Kier alpha value is -1.85. The van der Waals surface area contributed by atoms with Gasteiger partial charge in [0.05, 0.1) is 12.6 Å². The maximum absolute atomic E-state index is 12.5. The summed E-state index contributed by atoms with van der Waals surface area (Å²) in [6.45, 7) is 5.45. The van der Waals surface area contributed by atoms with Crippen molar-refractivity contribution < 1.29 is 9.53 Å². The Bertz CT molecular complexity index is 649. The Morgan fingerprint density at radius 3 is 2.60 bits per heavy atom. The summed E-state index contributed by atoms with van der Waals surface area (Å²) in [5, 5.41) is 5.23. The van der Waals surface area contributed by atoms with Crippen LogP contribution in [0.25, 0.3) is 0 Å². The highest BCUT2D eigenvalue weighted by molar-refractivity contribution is 7.10. The quantitative estimate of drug-likeness (QED) is 0.810. The SMILES string of the molecule is CCOc1ccc(C(=O)NC[C@@H](c2cccs2)N2CCCCC2)cc1. The van der Waals surface area contributed by atoms with E-state index in [1.54, 1.807) is 11.3 Å². The lowest BCUT2D eigenvalue weighted by Crippen LogP contribution is -2.40. The first kappa shape index (κ1) is 18.0. The number of thiophene rings is 1. The van der Waals surface area contributed by atoms with E-state index >= 15 is 0 Å². The summed E-state index contributed by atoms with van der Waals surface area (Å²) in [4.78, 5) is 16.3. The molecule has 2 aromatic rings.